The van der Waals surface area contributed by atoms with E-state index < -0.39 is 0 Å². The fraction of sp³-hybridized carbons (Fsp3) is 0.304. The molecule has 3 rings (SSSR count). The molecule has 3 aromatic rings. The molecule has 0 saturated heterocycles. The molecule has 6 nitrogen and oxygen atoms in total. The van der Waals surface area contributed by atoms with E-state index in [1.807, 2.05) is 38.8 Å². The van der Waals surface area contributed by atoms with Gasteiger partial charge in [0.1, 0.15) is 5.75 Å². The number of thiocarbonyl (C=S) groups is 1. The summed E-state index contributed by atoms with van der Waals surface area (Å²) in [6.45, 7) is 2.37. The van der Waals surface area contributed by atoms with Crippen molar-refractivity contribution in [2.24, 2.45) is 0 Å². The minimum absolute atomic E-state index is 0.622. The number of methoxy groups -OCH3 is 1. The molecule has 8 heteroatoms. The van der Waals surface area contributed by atoms with E-state index in [4.69, 9.17) is 28.6 Å². The second-order valence-electron chi connectivity index (χ2n) is 7.41. The quantitative estimate of drug-likeness (QED) is 0.461. The van der Waals surface area contributed by atoms with Crippen LogP contribution in [-0.4, -0.2) is 47.3 Å². The van der Waals surface area contributed by atoms with Crippen molar-refractivity contribution in [1.82, 2.24) is 14.5 Å². The molecular formula is C23H28ClN5OS. The molecule has 0 bridgehead atoms. The summed E-state index contributed by atoms with van der Waals surface area (Å²) >= 11 is 12.0. The predicted molar refractivity (Wildman–Crippen MR) is 132 cm³/mol. The number of nitrogens with one attached hydrogen (secondary N) is 1. The number of anilines is 2. The van der Waals surface area contributed by atoms with Crippen LogP contribution in [0.3, 0.4) is 0 Å². The maximum Gasteiger partial charge on any atom is 0.173 e. The van der Waals surface area contributed by atoms with E-state index in [0.717, 1.165) is 25.2 Å². The van der Waals surface area contributed by atoms with Crippen molar-refractivity contribution >= 4 is 40.3 Å². The zero-order valence-electron chi connectivity index (χ0n) is 18.1. The fourth-order valence-electron chi connectivity index (χ4n) is 3.21. The molecule has 0 fully saturated rings. The Labute approximate surface area is 194 Å². The van der Waals surface area contributed by atoms with E-state index in [1.54, 1.807) is 19.4 Å². The van der Waals surface area contributed by atoms with Crippen molar-refractivity contribution in [3.8, 4) is 5.75 Å². The third-order valence-electron chi connectivity index (χ3n) is 4.92. The highest BCUT2D eigenvalue weighted by molar-refractivity contribution is 7.80. The van der Waals surface area contributed by atoms with Crippen LogP contribution in [0.2, 0.25) is 5.02 Å². The van der Waals surface area contributed by atoms with Gasteiger partial charge in [-0.25, -0.2) is 4.98 Å². The van der Waals surface area contributed by atoms with Crippen LogP contribution in [0.1, 0.15) is 12.0 Å². The van der Waals surface area contributed by atoms with Crippen LogP contribution in [0.25, 0.3) is 0 Å². The van der Waals surface area contributed by atoms with E-state index in [9.17, 15) is 0 Å². The maximum absolute atomic E-state index is 6.18. The number of nitrogens with zero attached hydrogens (tertiary/aromatic N) is 4. The lowest BCUT2D eigenvalue weighted by Gasteiger charge is -2.27. The number of rotatable bonds is 9. The molecule has 0 aliphatic rings. The highest BCUT2D eigenvalue weighted by atomic mass is 35.5. The Kier molecular flexibility index (Phi) is 8.14. The zero-order chi connectivity index (χ0) is 22.2. The molecular weight excluding hydrogens is 430 g/mol. The third kappa shape index (κ3) is 6.60. The minimum Gasteiger partial charge on any atom is -0.495 e. The Balaban J connectivity index is 1.73. The third-order valence-corrected chi connectivity index (χ3v) is 5.52. The van der Waals surface area contributed by atoms with Gasteiger partial charge >= 0.3 is 0 Å². The number of hydrogen-bond donors (Lipinski definition) is 1. The lowest BCUT2D eigenvalue weighted by Crippen LogP contribution is -2.35. The van der Waals surface area contributed by atoms with Gasteiger partial charge in [0.05, 0.1) is 19.1 Å². The van der Waals surface area contributed by atoms with E-state index in [-0.39, 0.29) is 0 Å². The van der Waals surface area contributed by atoms with Crippen LogP contribution in [0, 0.1) is 0 Å². The first-order chi connectivity index (χ1) is 15.0. The number of aryl methyl sites for hydroxylation is 1. The summed E-state index contributed by atoms with van der Waals surface area (Å²) in [5, 5.41) is 4.57. The van der Waals surface area contributed by atoms with Crippen molar-refractivity contribution in [2.75, 3.05) is 38.0 Å². The topological polar surface area (TPSA) is 45.6 Å². The molecule has 0 saturated carbocycles. The van der Waals surface area contributed by atoms with E-state index in [0.29, 0.717) is 22.4 Å². The number of halogens is 1. The first kappa shape index (κ1) is 22.9. The minimum atomic E-state index is 0.622. The van der Waals surface area contributed by atoms with Gasteiger partial charge in [0, 0.05) is 56.8 Å². The van der Waals surface area contributed by atoms with Gasteiger partial charge < -0.3 is 24.4 Å². The second kappa shape index (κ2) is 11.0. The number of aromatic nitrogens is 2. The smallest absolute Gasteiger partial charge is 0.173 e. The standard InChI is InChI=1S/C23H28ClN5OS/c1-27(2)20-8-5-18(6-9-20)16-29(13-4-12-28-14-11-25-17-28)23(31)26-21-15-19(24)7-10-22(21)30-3/h5-11,14-15,17H,4,12-13,16H2,1-3H3,(H,26,31). The summed E-state index contributed by atoms with van der Waals surface area (Å²) in [5.74, 6) is 0.695. The Morgan fingerprint density at radius 2 is 1.97 bits per heavy atom. The number of imidazole rings is 1. The number of ether oxygens (including phenoxy) is 1. The van der Waals surface area contributed by atoms with Crippen LogP contribution in [-0.2, 0) is 13.1 Å². The molecule has 0 aliphatic carbocycles. The van der Waals surface area contributed by atoms with Gasteiger partial charge in [-0.05, 0) is 54.5 Å². The number of benzene rings is 2. The second-order valence-corrected chi connectivity index (χ2v) is 8.23. The van der Waals surface area contributed by atoms with Gasteiger partial charge in [-0.1, -0.05) is 23.7 Å². The normalized spacial score (nSPS) is 10.6. The first-order valence-electron chi connectivity index (χ1n) is 10.1. The summed E-state index contributed by atoms with van der Waals surface area (Å²) in [4.78, 5) is 8.36. The van der Waals surface area contributed by atoms with Crippen molar-refractivity contribution in [3.63, 3.8) is 0 Å². The van der Waals surface area contributed by atoms with Crippen LogP contribution in [0.4, 0.5) is 11.4 Å². The Morgan fingerprint density at radius 3 is 2.61 bits per heavy atom. The highest BCUT2D eigenvalue weighted by Gasteiger charge is 2.14. The average molecular weight is 458 g/mol. The summed E-state index contributed by atoms with van der Waals surface area (Å²) in [7, 11) is 5.70. The monoisotopic (exact) mass is 457 g/mol. The van der Waals surface area contributed by atoms with Crippen LogP contribution in [0.5, 0.6) is 5.75 Å². The van der Waals surface area contributed by atoms with Gasteiger partial charge in [0.15, 0.2) is 5.11 Å². The largest absolute Gasteiger partial charge is 0.495 e. The molecule has 0 unspecified atom stereocenters. The molecule has 164 valence electrons. The van der Waals surface area contributed by atoms with E-state index in [1.165, 1.54) is 11.3 Å². The lowest BCUT2D eigenvalue weighted by molar-refractivity contribution is 0.395. The van der Waals surface area contributed by atoms with Crippen molar-refractivity contribution in [3.05, 3.63) is 71.8 Å². The SMILES string of the molecule is COc1ccc(Cl)cc1NC(=S)N(CCCn1ccnc1)Cc1ccc(N(C)C)cc1. The zero-order valence-corrected chi connectivity index (χ0v) is 19.7. The molecule has 1 aromatic heterocycles. The molecule has 0 amide bonds. The molecule has 1 heterocycles. The number of hydrogen-bond acceptors (Lipinski definition) is 4. The summed E-state index contributed by atoms with van der Waals surface area (Å²) in [6, 6.07) is 14.0. The van der Waals surface area contributed by atoms with Crippen molar-refractivity contribution in [2.45, 2.75) is 19.5 Å². The van der Waals surface area contributed by atoms with Gasteiger partial charge in [-0.3, -0.25) is 0 Å². The average Bonchev–Trinajstić information content (AvgIpc) is 3.27. The van der Waals surface area contributed by atoms with Crippen LogP contribution in [0.15, 0.2) is 61.2 Å². The lowest BCUT2D eigenvalue weighted by atomic mass is 10.2. The van der Waals surface area contributed by atoms with Crippen molar-refractivity contribution < 1.29 is 4.74 Å². The molecule has 0 aliphatic heterocycles. The van der Waals surface area contributed by atoms with Gasteiger partial charge in [-0.15, -0.1) is 0 Å². The summed E-state index contributed by atoms with van der Waals surface area (Å²) in [6.07, 6.45) is 6.53. The summed E-state index contributed by atoms with van der Waals surface area (Å²) in [5.41, 5.74) is 3.11. The predicted octanol–water partition coefficient (Wildman–Crippen LogP) is 4.90. The van der Waals surface area contributed by atoms with Crippen LogP contribution < -0.4 is 15.0 Å². The molecule has 2 aromatic carbocycles. The molecule has 1 N–H and O–H groups in total. The fourth-order valence-corrected chi connectivity index (χ4v) is 3.65. The highest BCUT2D eigenvalue weighted by Crippen LogP contribution is 2.28. The van der Waals surface area contributed by atoms with Gasteiger partial charge in [0.2, 0.25) is 0 Å². The van der Waals surface area contributed by atoms with Gasteiger partial charge in [0.25, 0.3) is 0 Å². The Morgan fingerprint density at radius 1 is 1.19 bits per heavy atom. The summed E-state index contributed by atoms with van der Waals surface area (Å²) < 4.78 is 7.52. The first-order valence-corrected chi connectivity index (χ1v) is 10.9. The molecule has 0 radical (unpaired) electrons. The van der Waals surface area contributed by atoms with Crippen molar-refractivity contribution in [1.29, 1.82) is 0 Å². The maximum atomic E-state index is 6.18. The van der Waals surface area contributed by atoms with E-state index >= 15 is 0 Å². The van der Waals surface area contributed by atoms with Gasteiger partial charge in [-0.2, -0.15) is 0 Å². The Bertz CT molecular complexity index is 976. The molecule has 31 heavy (non-hydrogen) atoms. The van der Waals surface area contributed by atoms with Crippen LogP contribution >= 0.6 is 23.8 Å². The van der Waals surface area contributed by atoms with E-state index in [2.05, 4.69) is 48.9 Å². The molecule has 0 atom stereocenters. The molecule has 0 spiro atoms. The Hall–Kier alpha value is -2.77.